The highest BCUT2D eigenvalue weighted by atomic mass is 19.4. The van der Waals surface area contributed by atoms with E-state index in [4.69, 9.17) is 0 Å². The third-order valence-electron chi connectivity index (χ3n) is 1.67. The van der Waals surface area contributed by atoms with Crippen LogP contribution in [0.2, 0.25) is 0 Å². The fourth-order valence-electron chi connectivity index (χ4n) is 0.875. The fraction of sp³-hybridized carbons (Fsp3) is 0.429. The molecule has 1 aliphatic heterocycles. The second kappa shape index (κ2) is 3.28. The Morgan fingerprint density at radius 2 is 1.40 bits per heavy atom. The van der Waals surface area contributed by atoms with Gasteiger partial charge in [-0.1, -0.05) is 0 Å². The molecule has 0 aromatic carbocycles. The third kappa shape index (κ3) is 2.13. The van der Waals surface area contributed by atoms with Gasteiger partial charge in [0.1, 0.15) is 6.54 Å². The lowest BCUT2D eigenvalue weighted by molar-refractivity contribution is -0.284. The first-order valence-electron chi connectivity index (χ1n) is 3.63. The minimum absolute atomic E-state index is 0.159. The van der Waals surface area contributed by atoms with Crippen molar-refractivity contribution in [3.8, 4) is 0 Å². The summed E-state index contributed by atoms with van der Waals surface area (Å²) in [5.74, 6) is -7.45. The number of rotatable bonds is 2. The average molecular weight is 229 g/mol. The molecule has 0 aromatic heterocycles. The summed E-state index contributed by atoms with van der Waals surface area (Å²) in [6.45, 7) is -1.98. The van der Waals surface area contributed by atoms with Crippen molar-refractivity contribution in [2.24, 2.45) is 0 Å². The van der Waals surface area contributed by atoms with Crippen molar-refractivity contribution in [2.75, 3.05) is 6.54 Å². The SMILES string of the molecule is O=C1C=CC(=O)N1CC(F)(F)C(F)(F)F. The zero-order chi connectivity index (χ0) is 11.9. The van der Waals surface area contributed by atoms with E-state index in [2.05, 4.69) is 0 Å². The number of imide groups is 1. The number of hydrogen-bond donors (Lipinski definition) is 0. The van der Waals surface area contributed by atoms with Crippen LogP contribution in [0.15, 0.2) is 12.2 Å². The van der Waals surface area contributed by atoms with Gasteiger partial charge in [-0.3, -0.25) is 14.5 Å². The zero-order valence-electron chi connectivity index (χ0n) is 7.02. The quantitative estimate of drug-likeness (QED) is 0.525. The molecule has 8 heteroatoms. The summed E-state index contributed by atoms with van der Waals surface area (Å²) in [4.78, 5) is 21.3. The maximum Gasteiger partial charge on any atom is 0.455 e. The van der Waals surface area contributed by atoms with Gasteiger partial charge in [0.25, 0.3) is 11.8 Å². The molecule has 0 atom stereocenters. The van der Waals surface area contributed by atoms with Crippen LogP contribution in [0.1, 0.15) is 0 Å². The minimum atomic E-state index is -5.78. The molecule has 0 saturated carbocycles. The zero-order valence-corrected chi connectivity index (χ0v) is 7.02. The van der Waals surface area contributed by atoms with Gasteiger partial charge in [0.2, 0.25) is 0 Å². The van der Waals surface area contributed by atoms with E-state index in [1.54, 1.807) is 0 Å². The minimum Gasteiger partial charge on any atom is -0.269 e. The van der Waals surface area contributed by atoms with Crippen LogP contribution >= 0.6 is 0 Å². The van der Waals surface area contributed by atoms with Gasteiger partial charge in [-0.05, 0) is 0 Å². The van der Waals surface area contributed by atoms with E-state index in [1.807, 2.05) is 0 Å². The largest absolute Gasteiger partial charge is 0.455 e. The summed E-state index contributed by atoms with van der Waals surface area (Å²) in [5, 5.41) is 0. The van der Waals surface area contributed by atoms with Crippen molar-refractivity contribution >= 4 is 11.8 Å². The fourth-order valence-corrected chi connectivity index (χ4v) is 0.875. The lowest BCUT2D eigenvalue weighted by Crippen LogP contribution is -2.48. The second-order valence-electron chi connectivity index (χ2n) is 2.80. The number of carbonyl (C=O) groups is 2. The van der Waals surface area contributed by atoms with Gasteiger partial charge in [-0.15, -0.1) is 0 Å². The van der Waals surface area contributed by atoms with Gasteiger partial charge in [0.05, 0.1) is 0 Å². The van der Waals surface area contributed by atoms with Crippen LogP contribution in [-0.4, -0.2) is 35.4 Å². The lowest BCUT2D eigenvalue weighted by Gasteiger charge is -2.23. The molecule has 15 heavy (non-hydrogen) atoms. The van der Waals surface area contributed by atoms with Crippen LogP contribution in [-0.2, 0) is 9.59 Å². The highest BCUT2D eigenvalue weighted by molar-refractivity contribution is 6.12. The predicted octanol–water partition coefficient (Wildman–Crippen LogP) is 1.11. The first-order chi connectivity index (χ1) is 6.65. The number of hydrogen-bond acceptors (Lipinski definition) is 2. The second-order valence-corrected chi connectivity index (χ2v) is 2.80. The molecular formula is C7H4F5NO2. The van der Waals surface area contributed by atoms with Crippen molar-refractivity contribution in [3.63, 3.8) is 0 Å². The van der Waals surface area contributed by atoms with E-state index < -0.39 is 30.5 Å². The van der Waals surface area contributed by atoms with E-state index >= 15 is 0 Å². The van der Waals surface area contributed by atoms with Gasteiger partial charge in [0, 0.05) is 12.2 Å². The Hall–Kier alpha value is -1.47. The maximum absolute atomic E-state index is 12.4. The van der Waals surface area contributed by atoms with E-state index in [0.29, 0.717) is 12.2 Å². The summed E-state index contributed by atoms with van der Waals surface area (Å²) < 4.78 is 60.0. The van der Waals surface area contributed by atoms with Crippen molar-refractivity contribution in [1.82, 2.24) is 4.90 Å². The van der Waals surface area contributed by atoms with Gasteiger partial charge in [-0.2, -0.15) is 22.0 Å². The topological polar surface area (TPSA) is 37.4 Å². The normalized spacial score (nSPS) is 17.8. The first kappa shape index (κ1) is 11.6. The Balaban J connectivity index is 2.79. The van der Waals surface area contributed by atoms with Crippen LogP contribution in [0.3, 0.4) is 0 Å². The molecule has 0 fully saturated rings. The van der Waals surface area contributed by atoms with Gasteiger partial charge >= 0.3 is 12.1 Å². The van der Waals surface area contributed by atoms with Crippen molar-refractivity contribution in [2.45, 2.75) is 12.1 Å². The van der Waals surface area contributed by atoms with Crippen LogP contribution in [0, 0.1) is 0 Å². The van der Waals surface area contributed by atoms with E-state index in [1.165, 1.54) is 0 Å². The Labute approximate surface area is 80.1 Å². The Morgan fingerprint density at radius 3 is 1.73 bits per heavy atom. The molecule has 3 nitrogen and oxygen atoms in total. The average Bonchev–Trinajstić information content (AvgIpc) is 2.33. The predicted molar refractivity (Wildman–Crippen MR) is 36.9 cm³/mol. The molecule has 2 amide bonds. The highest BCUT2D eigenvalue weighted by Gasteiger charge is 2.59. The van der Waals surface area contributed by atoms with Crippen molar-refractivity contribution < 1.29 is 31.5 Å². The van der Waals surface area contributed by atoms with Crippen LogP contribution in [0.25, 0.3) is 0 Å². The van der Waals surface area contributed by atoms with Gasteiger partial charge in [0.15, 0.2) is 0 Å². The van der Waals surface area contributed by atoms with Gasteiger partial charge < -0.3 is 0 Å². The summed E-state index contributed by atoms with van der Waals surface area (Å²) in [6.07, 6.45) is -4.51. The van der Waals surface area contributed by atoms with E-state index in [0.717, 1.165) is 0 Å². The molecule has 84 valence electrons. The molecule has 1 rings (SSSR count). The monoisotopic (exact) mass is 229 g/mol. The number of alkyl halides is 5. The highest BCUT2D eigenvalue weighted by Crippen LogP contribution is 2.36. The molecule has 0 radical (unpaired) electrons. The van der Waals surface area contributed by atoms with Crippen molar-refractivity contribution in [3.05, 3.63) is 12.2 Å². The van der Waals surface area contributed by atoms with Crippen LogP contribution in [0.5, 0.6) is 0 Å². The summed E-state index contributed by atoms with van der Waals surface area (Å²) in [6, 6.07) is 0. The van der Waals surface area contributed by atoms with Crippen LogP contribution < -0.4 is 0 Å². The first-order valence-corrected chi connectivity index (χ1v) is 3.63. The number of nitrogens with zero attached hydrogens (tertiary/aromatic N) is 1. The summed E-state index contributed by atoms with van der Waals surface area (Å²) in [7, 11) is 0. The molecule has 0 unspecified atom stereocenters. The molecule has 0 N–H and O–H groups in total. The number of carbonyl (C=O) groups excluding carboxylic acids is 2. The molecule has 1 aliphatic rings. The number of amides is 2. The molecule has 1 heterocycles. The maximum atomic E-state index is 12.4. The Kier molecular flexibility index (Phi) is 2.54. The molecule has 0 aromatic rings. The number of halogens is 5. The van der Waals surface area contributed by atoms with Crippen LogP contribution in [0.4, 0.5) is 22.0 Å². The molecule has 0 saturated heterocycles. The van der Waals surface area contributed by atoms with E-state index in [-0.39, 0.29) is 4.90 Å². The summed E-state index contributed by atoms with van der Waals surface area (Å²) >= 11 is 0. The molecule has 0 spiro atoms. The molecular weight excluding hydrogens is 225 g/mol. The van der Waals surface area contributed by atoms with E-state index in [9.17, 15) is 31.5 Å². The smallest absolute Gasteiger partial charge is 0.269 e. The molecule has 0 aliphatic carbocycles. The molecule has 0 bridgehead atoms. The Morgan fingerprint density at radius 1 is 1.00 bits per heavy atom. The summed E-state index contributed by atoms with van der Waals surface area (Å²) in [5.41, 5.74) is 0. The van der Waals surface area contributed by atoms with Crippen molar-refractivity contribution in [1.29, 1.82) is 0 Å². The Bertz CT molecular complexity index is 315. The third-order valence-corrected chi connectivity index (χ3v) is 1.67. The van der Waals surface area contributed by atoms with Gasteiger partial charge in [-0.25, -0.2) is 0 Å². The standard InChI is InChI=1S/C7H4F5NO2/c8-6(9,7(10,11)12)3-13-4(14)1-2-5(13)15/h1-2H,3H2. The lowest BCUT2D eigenvalue weighted by atomic mass is 10.3.